The molecule has 1 aromatic rings. The second-order valence-electron chi connectivity index (χ2n) is 7.26. The van der Waals surface area contributed by atoms with E-state index in [0.717, 1.165) is 50.7 Å². The van der Waals surface area contributed by atoms with E-state index >= 15 is 0 Å². The summed E-state index contributed by atoms with van der Waals surface area (Å²) in [5, 5.41) is 10.7. The summed E-state index contributed by atoms with van der Waals surface area (Å²) in [6, 6.07) is 6.52. The predicted molar refractivity (Wildman–Crippen MR) is 93.5 cm³/mol. The molecule has 0 amide bonds. The van der Waals surface area contributed by atoms with Gasteiger partial charge in [-0.3, -0.25) is 0 Å². The van der Waals surface area contributed by atoms with Crippen molar-refractivity contribution in [1.82, 2.24) is 0 Å². The molecule has 0 aromatic heterocycles. The molecule has 1 N–H and O–H groups in total. The fourth-order valence-electron chi connectivity index (χ4n) is 5.14. The van der Waals surface area contributed by atoms with Gasteiger partial charge >= 0.3 is 0 Å². The lowest BCUT2D eigenvalue weighted by Gasteiger charge is -2.43. The molecule has 0 bridgehead atoms. The molecule has 0 fully saturated rings. The van der Waals surface area contributed by atoms with Gasteiger partial charge in [-0.25, -0.2) is 0 Å². The second kappa shape index (κ2) is 5.52. The van der Waals surface area contributed by atoms with E-state index in [2.05, 4.69) is 31.2 Å². The van der Waals surface area contributed by atoms with Gasteiger partial charge in [0.1, 0.15) is 5.75 Å². The summed E-state index contributed by atoms with van der Waals surface area (Å²) in [5.41, 5.74) is 7.43. The number of benzene rings is 1. The maximum atomic E-state index is 10.7. The number of rotatable bonds is 3. The van der Waals surface area contributed by atoms with Crippen molar-refractivity contribution in [1.29, 1.82) is 0 Å². The summed E-state index contributed by atoms with van der Waals surface area (Å²) >= 11 is 0. The van der Waals surface area contributed by atoms with Gasteiger partial charge in [0.05, 0.1) is 13.2 Å². The first-order chi connectivity index (χ1) is 11.2. The molecule has 0 saturated carbocycles. The summed E-state index contributed by atoms with van der Waals surface area (Å²) in [6.07, 6.45) is 9.65. The van der Waals surface area contributed by atoms with Gasteiger partial charge in [-0.15, -0.1) is 0 Å². The molecule has 0 aliphatic heterocycles. The van der Waals surface area contributed by atoms with Crippen molar-refractivity contribution in [2.24, 2.45) is 5.41 Å². The van der Waals surface area contributed by atoms with Crippen LogP contribution >= 0.6 is 0 Å². The maximum Gasteiger partial charge on any atom is 0.119 e. The van der Waals surface area contributed by atoms with Crippen LogP contribution in [0.15, 0.2) is 35.4 Å². The summed E-state index contributed by atoms with van der Waals surface area (Å²) in [4.78, 5) is 0. The van der Waals surface area contributed by atoms with Crippen LogP contribution in [-0.2, 0) is 6.42 Å². The smallest absolute Gasteiger partial charge is 0.119 e. The van der Waals surface area contributed by atoms with Crippen molar-refractivity contribution < 1.29 is 9.84 Å². The molecule has 4 rings (SSSR count). The fraction of sp³-hybridized carbons (Fsp3) is 0.524. The van der Waals surface area contributed by atoms with E-state index in [1.54, 1.807) is 12.7 Å². The van der Waals surface area contributed by atoms with E-state index in [9.17, 15) is 5.11 Å². The minimum atomic E-state index is -0.177. The Hall–Kier alpha value is -1.54. The zero-order valence-corrected chi connectivity index (χ0v) is 14.2. The molecule has 3 aliphatic rings. The number of methoxy groups -OCH3 is 1. The van der Waals surface area contributed by atoms with Gasteiger partial charge in [-0.1, -0.05) is 25.5 Å². The minimum Gasteiger partial charge on any atom is -0.497 e. The Bertz CT molecular complexity index is 698. The van der Waals surface area contributed by atoms with E-state index in [0.29, 0.717) is 0 Å². The first-order valence-electron chi connectivity index (χ1n) is 8.98. The van der Waals surface area contributed by atoms with Crippen LogP contribution in [0.5, 0.6) is 5.75 Å². The average Bonchev–Trinajstić information content (AvgIpc) is 2.91. The molecule has 3 aliphatic carbocycles. The van der Waals surface area contributed by atoms with Crippen LogP contribution in [0, 0.1) is 5.41 Å². The van der Waals surface area contributed by atoms with Crippen LogP contribution in [-0.4, -0.2) is 18.3 Å². The summed E-state index contributed by atoms with van der Waals surface area (Å²) in [6.45, 7) is 2.24. The molecule has 0 heterocycles. The zero-order chi connectivity index (χ0) is 16.0. The first kappa shape index (κ1) is 15.0. The van der Waals surface area contributed by atoms with Gasteiger partial charge in [0.2, 0.25) is 0 Å². The predicted octanol–water partition coefficient (Wildman–Crippen LogP) is 4.67. The number of aryl methyl sites for hydroxylation is 1. The number of ether oxygens (including phenoxy) is 1. The normalized spacial score (nSPS) is 28.8. The van der Waals surface area contributed by atoms with Crippen molar-refractivity contribution in [2.75, 3.05) is 7.11 Å². The third-order valence-corrected chi connectivity index (χ3v) is 6.21. The highest BCUT2D eigenvalue weighted by Gasteiger charge is 2.48. The fourth-order valence-corrected chi connectivity index (χ4v) is 5.14. The number of hydrogen-bond acceptors (Lipinski definition) is 2. The van der Waals surface area contributed by atoms with Crippen molar-refractivity contribution in [2.45, 2.75) is 58.0 Å². The van der Waals surface area contributed by atoms with Crippen molar-refractivity contribution in [3.8, 4) is 5.75 Å². The average molecular weight is 310 g/mol. The molecule has 0 radical (unpaired) electrons. The van der Waals surface area contributed by atoms with Gasteiger partial charge in [0.25, 0.3) is 0 Å². The summed E-state index contributed by atoms with van der Waals surface area (Å²) in [7, 11) is 1.74. The van der Waals surface area contributed by atoms with E-state index in [4.69, 9.17) is 4.74 Å². The third kappa shape index (κ3) is 2.11. The van der Waals surface area contributed by atoms with Crippen LogP contribution in [0.3, 0.4) is 0 Å². The Labute approximate surface area is 138 Å². The van der Waals surface area contributed by atoms with Crippen LogP contribution in [0.1, 0.15) is 56.6 Å². The Kier molecular flexibility index (Phi) is 3.60. The van der Waals surface area contributed by atoms with Crippen molar-refractivity contribution in [3.05, 3.63) is 46.5 Å². The van der Waals surface area contributed by atoms with Gasteiger partial charge in [-0.05, 0) is 78.5 Å². The summed E-state index contributed by atoms with van der Waals surface area (Å²) in [5.74, 6) is 0.958. The lowest BCUT2D eigenvalue weighted by Crippen LogP contribution is -2.36. The number of aliphatic hydroxyl groups excluding tert-OH is 1. The van der Waals surface area contributed by atoms with Crippen molar-refractivity contribution in [3.63, 3.8) is 0 Å². The topological polar surface area (TPSA) is 29.5 Å². The number of hydrogen-bond donors (Lipinski definition) is 1. The van der Waals surface area contributed by atoms with Crippen LogP contribution in [0.25, 0.3) is 5.57 Å². The highest BCUT2D eigenvalue weighted by molar-refractivity contribution is 5.79. The molecule has 0 saturated heterocycles. The lowest BCUT2D eigenvalue weighted by molar-refractivity contribution is 0.0529. The Morgan fingerprint density at radius 3 is 2.87 bits per heavy atom. The minimum absolute atomic E-state index is 0.0392. The molecule has 2 atom stereocenters. The third-order valence-electron chi connectivity index (χ3n) is 6.21. The second-order valence-corrected chi connectivity index (χ2v) is 7.26. The van der Waals surface area contributed by atoms with Gasteiger partial charge < -0.3 is 9.84 Å². The van der Waals surface area contributed by atoms with E-state index in [1.165, 1.54) is 22.3 Å². The Balaban J connectivity index is 1.80. The molecular weight excluding hydrogens is 284 g/mol. The van der Waals surface area contributed by atoms with E-state index in [1.807, 2.05) is 0 Å². The summed E-state index contributed by atoms with van der Waals surface area (Å²) < 4.78 is 5.39. The largest absolute Gasteiger partial charge is 0.497 e. The van der Waals surface area contributed by atoms with Crippen LogP contribution in [0.2, 0.25) is 0 Å². The molecule has 2 heteroatoms. The van der Waals surface area contributed by atoms with Crippen LogP contribution < -0.4 is 4.74 Å². The SMILES string of the molecule is CCC[C@]12CCC3=C(CCc4cc(OC)ccc43)C1=CC[C@@H]2O. The molecule has 23 heavy (non-hydrogen) atoms. The van der Waals surface area contributed by atoms with E-state index < -0.39 is 0 Å². The number of aliphatic hydroxyl groups is 1. The highest BCUT2D eigenvalue weighted by Crippen LogP contribution is 2.57. The molecular formula is C21H26O2. The Morgan fingerprint density at radius 1 is 1.22 bits per heavy atom. The molecule has 0 spiro atoms. The quantitative estimate of drug-likeness (QED) is 0.879. The standard InChI is InChI=1S/C21H26O2/c1-3-11-21-12-10-17-16-7-5-15(23-2)13-14(16)4-6-18(17)19(21)8-9-20(21)22/h5,7-8,13,20,22H,3-4,6,9-12H2,1-2H3/t20-,21-/m0/s1. The molecule has 122 valence electrons. The maximum absolute atomic E-state index is 10.7. The molecule has 1 aromatic carbocycles. The lowest BCUT2D eigenvalue weighted by atomic mass is 9.62. The van der Waals surface area contributed by atoms with Gasteiger partial charge in [0, 0.05) is 5.41 Å². The number of allylic oxidation sites excluding steroid dienone is 2. The highest BCUT2D eigenvalue weighted by atomic mass is 16.5. The zero-order valence-electron chi connectivity index (χ0n) is 14.2. The van der Waals surface area contributed by atoms with Gasteiger partial charge in [-0.2, -0.15) is 0 Å². The molecule has 2 nitrogen and oxygen atoms in total. The molecule has 0 unspecified atom stereocenters. The number of fused-ring (bicyclic) bond motifs is 4. The monoisotopic (exact) mass is 310 g/mol. The Morgan fingerprint density at radius 2 is 2.09 bits per heavy atom. The van der Waals surface area contributed by atoms with Gasteiger partial charge in [0.15, 0.2) is 0 Å². The van der Waals surface area contributed by atoms with E-state index in [-0.39, 0.29) is 11.5 Å². The first-order valence-corrected chi connectivity index (χ1v) is 8.98. The van der Waals surface area contributed by atoms with Crippen molar-refractivity contribution >= 4 is 5.57 Å². The van der Waals surface area contributed by atoms with Crippen LogP contribution in [0.4, 0.5) is 0 Å².